The number of carbonyl (C=O) groups excluding carboxylic acids is 1. The van der Waals surface area contributed by atoms with Gasteiger partial charge in [-0.15, -0.1) is 22.7 Å². The summed E-state index contributed by atoms with van der Waals surface area (Å²) in [6.45, 7) is 2.01. The molecule has 0 unspecified atom stereocenters. The molecular formula is C20H16FN3O2S3. The minimum absolute atomic E-state index is 0.206. The number of rotatable bonds is 6. The van der Waals surface area contributed by atoms with Crippen molar-refractivity contribution in [3.63, 3.8) is 0 Å². The first-order valence-electron chi connectivity index (χ1n) is 8.62. The van der Waals surface area contributed by atoms with Crippen LogP contribution in [0.15, 0.2) is 46.8 Å². The van der Waals surface area contributed by atoms with E-state index in [4.69, 9.17) is 4.74 Å². The maximum absolute atomic E-state index is 13.0. The first kappa shape index (κ1) is 19.8. The fourth-order valence-electron chi connectivity index (χ4n) is 2.66. The molecule has 148 valence electrons. The van der Waals surface area contributed by atoms with E-state index in [9.17, 15) is 9.18 Å². The Labute approximate surface area is 179 Å². The average molecular weight is 446 g/mol. The Morgan fingerprint density at radius 2 is 1.97 bits per heavy atom. The molecule has 0 aliphatic heterocycles. The molecule has 29 heavy (non-hydrogen) atoms. The summed E-state index contributed by atoms with van der Waals surface area (Å²) in [4.78, 5) is 22.2. The van der Waals surface area contributed by atoms with Gasteiger partial charge in [-0.3, -0.25) is 4.79 Å². The highest BCUT2D eigenvalue weighted by atomic mass is 32.2. The lowest BCUT2D eigenvalue weighted by Crippen LogP contribution is -2.11. The van der Waals surface area contributed by atoms with E-state index < -0.39 is 0 Å². The molecule has 2 aromatic heterocycles. The number of carbonyl (C=O) groups is 1. The summed E-state index contributed by atoms with van der Waals surface area (Å²) in [5.74, 6) is 0.0253. The maximum atomic E-state index is 13.0. The lowest BCUT2D eigenvalue weighted by atomic mass is 10.3. The molecule has 1 N–H and O–H groups in total. The standard InChI is InChI=1S/C20H16FN3O2S3/c1-11-18(29-17(22-11)10-26-14-6-3-12(21)4-7-14)19(25)23-13-5-8-15-16(9-13)28-20(24-15)27-2/h3-9H,10H2,1-2H3,(H,23,25). The predicted octanol–water partition coefficient (Wildman–Crippen LogP) is 5.75. The predicted molar refractivity (Wildman–Crippen MR) is 117 cm³/mol. The molecule has 0 aliphatic carbocycles. The molecule has 0 saturated carbocycles. The number of nitrogens with one attached hydrogen (secondary N) is 1. The molecule has 0 aliphatic rings. The second kappa shape index (κ2) is 8.48. The first-order chi connectivity index (χ1) is 14.0. The normalized spacial score (nSPS) is 11.0. The number of ether oxygens (including phenoxy) is 1. The molecule has 5 nitrogen and oxygen atoms in total. The van der Waals surface area contributed by atoms with E-state index >= 15 is 0 Å². The molecule has 0 saturated heterocycles. The Balaban J connectivity index is 1.45. The van der Waals surface area contributed by atoms with Crippen LogP contribution >= 0.6 is 34.4 Å². The van der Waals surface area contributed by atoms with E-state index in [1.807, 2.05) is 24.5 Å². The third-order valence-corrected chi connectivity index (χ3v) is 7.16. The van der Waals surface area contributed by atoms with Crippen molar-refractivity contribution in [3.05, 3.63) is 63.9 Å². The van der Waals surface area contributed by atoms with E-state index in [0.29, 0.717) is 21.3 Å². The number of thioether (sulfide) groups is 1. The van der Waals surface area contributed by atoms with Crippen molar-refractivity contribution >= 4 is 56.2 Å². The average Bonchev–Trinajstić information content (AvgIpc) is 3.30. The van der Waals surface area contributed by atoms with Gasteiger partial charge in [0.1, 0.15) is 28.1 Å². The second-order valence-electron chi connectivity index (χ2n) is 6.09. The highest BCUT2D eigenvalue weighted by molar-refractivity contribution is 8.00. The van der Waals surface area contributed by atoms with Crippen molar-refractivity contribution < 1.29 is 13.9 Å². The summed E-state index contributed by atoms with van der Waals surface area (Å²) in [5, 5.41) is 3.61. The molecule has 0 spiro atoms. The van der Waals surface area contributed by atoms with Crippen LogP contribution in [0.5, 0.6) is 5.75 Å². The van der Waals surface area contributed by atoms with Crippen LogP contribution in [-0.4, -0.2) is 22.1 Å². The lowest BCUT2D eigenvalue weighted by molar-refractivity contribution is 0.103. The fourth-order valence-corrected chi connectivity index (χ4v) is 5.06. The first-order valence-corrected chi connectivity index (χ1v) is 11.5. The van der Waals surface area contributed by atoms with Gasteiger partial charge in [-0.25, -0.2) is 14.4 Å². The number of aryl methyl sites for hydroxylation is 1. The Hall–Kier alpha value is -2.49. The zero-order chi connectivity index (χ0) is 20.4. The molecule has 4 aromatic rings. The molecule has 2 heterocycles. The van der Waals surface area contributed by atoms with Crippen molar-refractivity contribution in [2.75, 3.05) is 11.6 Å². The Morgan fingerprint density at radius 1 is 1.17 bits per heavy atom. The van der Waals surface area contributed by atoms with Crippen LogP contribution in [0, 0.1) is 12.7 Å². The van der Waals surface area contributed by atoms with Crippen LogP contribution in [-0.2, 0) is 6.61 Å². The molecule has 0 atom stereocenters. The van der Waals surface area contributed by atoms with Crippen LogP contribution in [0.1, 0.15) is 20.4 Å². The highest BCUT2D eigenvalue weighted by Gasteiger charge is 2.16. The summed E-state index contributed by atoms with van der Waals surface area (Å²) in [7, 11) is 0. The number of thiazole rings is 2. The topological polar surface area (TPSA) is 64.1 Å². The van der Waals surface area contributed by atoms with Crippen LogP contribution in [0.3, 0.4) is 0 Å². The fraction of sp³-hybridized carbons (Fsp3) is 0.150. The van der Waals surface area contributed by atoms with Gasteiger partial charge in [0.15, 0.2) is 4.34 Å². The number of anilines is 1. The van der Waals surface area contributed by atoms with Gasteiger partial charge in [0.05, 0.1) is 15.9 Å². The minimum atomic E-state index is -0.317. The van der Waals surface area contributed by atoms with Gasteiger partial charge >= 0.3 is 0 Å². The van der Waals surface area contributed by atoms with Crippen LogP contribution in [0.4, 0.5) is 10.1 Å². The third kappa shape index (κ3) is 4.58. The van der Waals surface area contributed by atoms with Gasteiger partial charge in [-0.2, -0.15) is 0 Å². The van der Waals surface area contributed by atoms with Crippen LogP contribution in [0.25, 0.3) is 10.2 Å². The largest absolute Gasteiger partial charge is 0.486 e. The number of fused-ring (bicyclic) bond motifs is 1. The van der Waals surface area contributed by atoms with Gasteiger partial charge in [0.2, 0.25) is 0 Å². The van der Waals surface area contributed by atoms with E-state index in [1.165, 1.54) is 23.5 Å². The number of hydrogen-bond acceptors (Lipinski definition) is 7. The number of benzene rings is 2. The third-order valence-electron chi connectivity index (χ3n) is 4.02. The molecule has 0 radical (unpaired) electrons. The zero-order valence-electron chi connectivity index (χ0n) is 15.6. The molecule has 0 fully saturated rings. The monoisotopic (exact) mass is 445 g/mol. The van der Waals surface area contributed by atoms with Crippen molar-refractivity contribution in [2.24, 2.45) is 0 Å². The highest BCUT2D eigenvalue weighted by Crippen LogP contribution is 2.30. The van der Waals surface area contributed by atoms with E-state index in [1.54, 1.807) is 42.2 Å². The summed E-state index contributed by atoms with van der Waals surface area (Å²) in [6, 6.07) is 11.5. The molecular weight excluding hydrogens is 429 g/mol. The molecule has 4 rings (SSSR count). The number of halogens is 1. The Morgan fingerprint density at radius 3 is 2.72 bits per heavy atom. The van der Waals surface area contributed by atoms with E-state index in [-0.39, 0.29) is 18.3 Å². The summed E-state index contributed by atoms with van der Waals surface area (Å²) >= 11 is 4.49. The van der Waals surface area contributed by atoms with E-state index in [0.717, 1.165) is 20.2 Å². The van der Waals surface area contributed by atoms with Gasteiger partial charge in [0, 0.05) is 5.69 Å². The van der Waals surface area contributed by atoms with Crippen molar-refractivity contribution in [1.82, 2.24) is 9.97 Å². The van der Waals surface area contributed by atoms with Crippen LogP contribution in [0.2, 0.25) is 0 Å². The number of nitrogens with zero attached hydrogens (tertiary/aromatic N) is 2. The van der Waals surface area contributed by atoms with E-state index in [2.05, 4.69) is 15.3 Å². The van der Waals surface area contributed by atoms with Gasteiger partial charge in [0.25, 0.3) is 5.91 Å². The number of amides is 1. The molecule has 9 heteroatoms. The summed E-state index contributed by atoms with van der Waals surface area (Å²) < 4.78 is 20.6. The quantitative estimate of drug-likeness (QED) is 0.383. The summed E-state index contributed by atoms with van der Waals surface area (Å²) in [6.07, 6.45) is 1.99. The molecule has 0 bridgehead atoms. The van der Waals surface area contributed by atoms with Gasteiger partial charge < -0.3 is 10.1 Å². The van der Waals surface area contributed by atoms with Gasteiger partial charge in [-0.05, 0) is 55.6 Å². The van der Waals surface area contributed by atoms with Crippen molar-refractivity contribution in [3.8, 4) is 5.75 Å². The minimum Gasteiger partial charge on any atom is -0.486 e. The van der Waals surface area contributed by atoms with Gasteiger partial charge in [-0.1, -0.05) is 11.8 Å². The maximum Gasteiger partial charge on any atom is 0.267 e. The molecule has 2 aromatic carbocycles. The Bertz CT molecular complexity index is 1170. The lowest BCUT2D eigenvalue weighted by Gasteiger charge is -2.04. The Kier molecular flexibility index (Phi) is 5.79. The zero-order valence-corrected chi connectivity index (χ0v) is 18.0. The number of aromatic nitrogens is 2. The number of hydrogen-bond donors (Lipinski definition) is 1. The smallest absolute Gasteiger partial charge is 0.267 e. The second-order valence-corrected chi connectivity index (χ2v) is 9.25. The van der Waals surface area contributed by atoms with Crippen LogP contribution < -0.4 is 10.1 Å². The summed E-state index contributed by atoms with van der Waals surface area (Å²) in [5.41, 5.74) is 2.29. The molecule has 1 amide bonds. The van der Waals surface area contributed by atoms with Crippen molar-refractivity contribution in [2.45, 2.75) is 17.9 Å². The van der Waals surface area contributed by atoms with Crippen molar-refractivity contribution in [1.29, 1.82) is 0 Å². The SMILES string of the molecule is CSc1nc2ccc(NC(=O)c3sc(COc4ccc(F)cc4)nc3C)cc2s1.